The number of sulfonamides is 1. The normalized spacial score (nSPS) is 16.9. The van der Waals surface area contributed by atoms with Crippen molar-refractivity contribution in [2.24, 2.45) is 0 Å². The molecule has 1 amide bonds. The first kappa shape index (κ1) is 21.7. The van der Waals surface area contributed by atoms with Crippen molar-refractivity contribution in [3.05, 3.63) is 29.8 Å². The van der Waals surface area contributed by atoms with Gasteiger partial charge in [-0.1, -0.05) is 19.1 Å². The largest absolute Gasteiger partial charge is 0.444 e. The quantitative estimate of drug-likeness (QED) is 0.770. The summed E-state index contributed by atoms with van der Waals surface area (Å²) in [5.74, 6) is 0. The van der Waals surface area contributed by atoms with Crippen LogP contribution in [-0.4, -0.2) is 50.1 Å². The van der Waals surface area contributed by atoms with Crippen molar-refractivity contribution in [2.45, 2.75) is 63.6 Å². The van der Waals surface area contributed by atoms with Crippen LogP contribution in [0, 0.1) is 0 Å². The van der Waals surface area contributed by atoms with Gasteiger partial charge in [-0.15, -0.1) is 0 Å². The lowest BCUT2D eigenvalue weighted by Gasteiger charge is -2.32. The third kappa shape index (κ3) is 6.48. The van der Waals surface area contributed by atoms with Gasteiger partial charge in [0, 0.05) is 25.7 Å². The summed E-state index contributed by atoms with van der Waals surface area (Å²) in [6.45, 7) is 9.66. The molecule has 1 aliphatic heterocycles. The summed E-state index contributed by atoms with van der Waals surface area (Å²) in [6.07, 6.45) is 0.672. The lowest BCUT2D eigenvalue weighted by molar-refractivity contribution is 0.0489. The molecule has 0 spiro atoms. The van der Waals surface area contributed by atoms with Crippen LogP contribution < -0.4 is 10.6 Å². The van der Waals surface area contributed by atoms with Crippen LogP contribution in [0.1, 0.15) is 46.1 Å². The number of piperidine rings is 1. The molecule has 2 N–H and O–H groups in total. The fourth-order valence-electron chi connectivity index (χ4n) is 2.95. The Balaban J connectivity index is 1.95. The molecule has 0 aromatic heterocycles. The molecule has 1 fully saturated rings. The Labute approximate surface area is 162 Å². The molecule has 2 rings (SSSR count). The zero-order valence-electron chi connectivity index (χ0n) is 16.6. The van der Waals surface area contributed by atoms with Gasteiger partial charge in [0.05, 0.1) is 4.90 Å². The van der Waals surface area contributed by atoms with E-state index >= 15 is 0 Å². The minimum atomic E-state index is -3.53. The minimum Gasteiger partial charge on any atom is -0.444 e. The number of nitrogens with zero attached hydrogens (tertiary/aromatic N) is 1. The van der Waals surface area contributed by atoms with Crippen molar-refractivity contribution in [2.75, 3.05) is 19.6 Å². The standard InChI is InChI=1S/C19H31N3O4S/c1-5-20-14-15-7-6-8-17(13-15)27(24,25)22-11-9-16(10-12-22)21-18(23)26-19(2,3)4/h6-8,13,16,20H,5,9-12,14H2,1-4H3,(H,21,23). The molecule has 0 unspecified atom stereocenters. The number of carbonyl (C=O) groups is 1. The Morgan fingerprint density at radius 1 is 1.26 bits per heavy atom. The predicted molar refractivity (Wildman–Crippen MR) is 105 cm³/mol. The Morgan fingerprint density at radius 2 is 1.93 bits per heavy atom. The average Bonchev–Trinajstić information content (AvgIpc) is 2.59. The monoisotopic (exact) mass is 397 g/mol. The number of benzene rings is 1. The molecule has 1 saturated heterocycles. The molecular weight excluding hydrogens is 366 g/mol. The number of rotatable bonds is 6. The molecule has 1 heterocycles. The molecule has 8 heteroatoms. The molecule has 27 heavy (non-hydrogen) atoms. The summed E-state index contributed by atoms with van der Waals surface area (Å²) >= 11 is 0. The highest BCUT2D eigenvalue weighted by Gasteiger charge is 2.30. The lowest BCUT2D eigenvalue weighted by Crippen LogP contribution is -2.47. The van der Waals surface area contributed by atoms with Crippen LogP contribution in [0.3, 0.4) is 0 Å². The number of alkyl carbamates (subject to hydrolysis) is 1. The predicted octanol–water partition coefficient (Wildman–Crippen LogP) is 2.47. The van der Waals surface area contributed by atoms with Gasteiger partial charge < -0.3 is 15.4 Å². The van der Waals surface area contributed by atoms with Crippen molar-refractivity contribution < 1.29 is 17.9 Å². The van der Waals surface area contributed by atoms with Crippen LogP contribution >= 0.6 is 0 Å². The average molecular weight is 398 g/mol. The number of amides is 1. The van der Waals surface area contributed by atoms with E-state index in [1.807, 2.05) is 33.8 Å². The smallest absolute Gasteiger partial charge is 0.407 e. The van der Waals surface area contributed by atoms with E-state index in [0.29, 0.717) is 37.4 Å². The van der Waals surface area contributed by atoms with Crippen LogP contribution in [0.4, 0.5) is 4.79 Å². The van der Waals surface area contributed by atoms with Crippen LogP contribution in [-0.2, 0) is 21.3 Å². The van der Waals surface area contributed by atoms with E-state index in [1.54, 1.807) is 18.2 Å². The van der Waals surface area contributed by atoms with Gasteiger partial charge >= 0.3 is 6.09 Å². The lowest BCUT2D eigenvalue weighted by atomic mass is 10.1. The SMILES string of the molecule is CCNCc1cccc(S(=O)(=O)N2CCC(NC(=O)OC(C)(C)C)CC2)c1. The molecule has 1 aliphatic rings. The Hall–Kier alpha value is -1.64. The van der Waals surface area contributed by atoms with Gasteiger partial charge in [0.2, 0.25) is 10.0 Å². The van der Waals surface area contributed by atoms with Crippen molar-refractivity contribution in [3.8, 4) is 0 Å². The first-order chi connectivity index (χ1) is 12.6. The topological polar surface area (TPSA) is 87.7 Å². The van der Waals surface area contributed by atoms with Gasteiger partial charge in [-0.3, -0.25) is 0 Å². The Bertz CT molecular complexity index is 736. The van der Waals surface area contributed by atoms with E-state index < -0.39 is 21.7 Å². The summed E-state index contributed by atoms with van der Waals surface area (Å²) in [4.78, 5) is 12.2. The van der Waals surface area contributed by atoms with Crippen molar-refractivity contribution >= 4 is 16.1 Å². The summed E-state index contributed by atoms with van der Waals surface area (Å²) in [6, 6.07) is 6.97. The summed E-state index contributed by atoms with van der Waals surface area (Å²) in [7, 11) is -3.53. The van der Waals surface area contributed by atoms with Crippen LogP contribution in [0.25, 0.3) is 0 Å². The Kier molecular flexibility index (Phi) is 7.25. The molecule has 0 atom stereocenters. The molecule has 152 valence electrons. The molecule has 0 bridgehead atoms. The molecule has 0 aliphatic carbocycles. The highest BCUT2D eigenvalue weighted by atomic mass is 32.2. The molecule has 0 saturated carbocycles. The van der Waals surface area contributed by atoms with Gasteiger partial charge in [-0.2, -0.15) is 4.31 Å². The van der Waals surface area contributed by atoms with Crippen LogP contribution in [0.5, 0.6) is 0 Å². The van der Waals surface area contributed by atoms with E-state index in [1.165, 1.54) is 4.31 Å². The van der Waals surface area contributed by atoms with E-state index in [9.17, 15) is 13.2 Å². The molecule has 0 radical (unpaired) electrons. The summed E-state index contributed by atoms with van der Waals surface area (Å²) in [5.41, 5.74) is 0.394. The van der Waals surface area contributed by atoms with E-state index in [0.717, 1.165) is 12.1 Å². The zero-order valence-corrected chi connectivity index (χ0v) is 17.4. The Morgan fingerprint density at radius 3 is 2.52 bits per heavy atom. The first-order valence-corrected chi connectivity index (χ1v) is 10.8. The van der Waals surface area contributed by atoms with Crippen molar-refractivity contribution in [1.82, 2.24) is 14.9 Å². The number of hydrogen-bond donors (Lipinski definition) is 2. The van der Waals surface area contributed by atoms with Crippen LogP contribution in [0.2, 0.25) is 0 Å². The molecule has 1 aromatic rings. The zero-order chi connectivity index (χ0) is 20.1. The van der Waals surface area contributed by atoms with Crippen LogP contribution in [0.15, 0.2) is 29.2 Å². The van der Waals surface area contributed by atoms with E-state index in [4.69, 9.17) is 4.74 Å². The summed E-state index contributed by atoms with van der Waals surface area (Å²) < 4.78 is 32.6. The van der Waals surface area contributed by atoms with Gasteiger partial charge in [-0.25, -0.2) is 13.2 Å². The fraction of sp³-hybridized carbons (Fsp3) is 0.632. The third-order valence-corrected chi connectivity index (χ3v) is 6.18. The maximum atomic E-state index is 12.9. The summed E-state index contributed by atoms with van der Waals surface area (Å²) in [5, 5.41) is 6.03. The molecule has 7 nitrogen and oxygen atoms in total. The number of carbonyl (C=O) groups excluding carboxylic acids is 1. The highest BCUT2D eigenvalue weighted by molar-refractivity contribution is 7.89. The number of ether oxygens (including phenoxy) is 1. The minimum absolute atomic E-state index is 0.0774. The second-order valence-corrected chi connectivity index (χ2v) is 9.69. The number of nitrogens with one attached hydrogen (secondary N) is 2. The van der Waals surface area contributed by atoms with Crippen molar-refractivity contribution in [1.29, 1.82) is 0 Å². The maximum absolute atomic E-state index is 12.9. The first-order valence-electron chi connectivity index (χ1n) is 9.41. The van der Waals surface area contributed by atoms with Gasteiger partial charge in [0.25, 0.3) is 0 Å². The number of hydrogen-bond acceptors (Lipinski definition) is 5. The second-order valence-electron chi connectivity index (χ2n) is 7.75. The molecule has 1 aromatic carbocycles. The van der Waals surface area contributed by atoms with E-state index in [2.05, 4.69) is 10.6 Å². The highest BCUT2D eigenvalue weighted by Crippen LogP contribution is 2.22. The fourth-order valence-corrected chi connectivity index (χ4v) is 4.49. The maximum Gasteiger partial charge on any atom is 0.407 e. The van der Waals surface area contributed by atoms with Crippen molar-refractivity contribution in [3.63, 3.8) is 0 Å². The molecular formula is C19H31N3O4S. The van der Waals surface area contributed by atoms with Gasteiger partial charge in [0.15, 0.2) is 0 Å². The van der Waals surface area contributed by atoms with E-state index in [-0.39, 0.29) is 6.04 Å². The third-order valence-electron chi connectivity index (χ3n) is 4.29. The van der Waals surface area contributed by atoms with Gasteiger partial charge in [-0.05, 0) is 57.9 Å². The second kappa shape index (κ2) is 9.03. The van der Waals surface area contributed by atoms with Gasteiger partial charge in [0.1, 0.15) is 5.60 Å².